The Kier molecular flexibility index (Phi) is 9.41. The number of nitrogens with one attached hydrogen (secondary N) is 1. The third-order valence-corrected chi connectivity index (χ3v) is 6.53. The van der Waals surface area contributed by atoms with E-state index in [1.165, 1.54) is 17.7 Å². The molecule has 1 aromatic carbocycles. The quantitative estimate of drug-likeness (QED) is 0.474. The Bertz CT molecular complexity index is 934. The first-order valence-corrected chi connectivity index (χ1v) is 12.1. The van der Waals surface area contributed by atoms with E-state index >= 15 is 0 Å². The second-order valence-corrected chi connectivity index (χ2v) is 9.97. The van der Waals surface area contributed by atoms with E-state index in [9.17, 15) is 19.2 Å². The fourth-order valence-corrected chi connectivity index (χ4v) is 4.46. The van der Waals surface area contributed by atoms with E-state index in [1.807, 2.05) is 44.2 Å². The number of aryl methyl sites for hydroxylation is 1. The summed E-state index contributed by atoms with van der Waals surface area (Å²) in [6, 6.07) is 7.83. The number of hydrogen-bond acceptors (Lipinski definition) is 8. The van der Waals surface area contributed by atoms with Crippen LogP contribution in [0, 0.1) is 5.41 Å². The fraction of sp³-hybridized carbons (Fsp3) is 0.600. The molecule has 0 bridgehead atoms. The Balaban J connectivity index is 1.73. The number of morpholine rings is 1. The minimum Gasteiger partial charge on any atom is -0.379 e. The molecule has 198 valence electrons. The summed E-state index contributed by atoms with van der Waals surface area (Å²) in [5.41, 5.74) is 6.20. The van der Waals surface area contributed by atoms with Gasteiger partial charge in [-0.2, -0.15) is 0 Å². The van der Waals surface area contributed by atoms with Crippen molar-refractivity contribution in [2.45, 2.75) is 51.3 Å². The normalized spacial score (nSPS) is 21.6. The SMILES string of the molecule is CN(C(=O)[C@H](CC(C)(C)CCc1ccccc1)NC(=O)ON1CCOCC1)C1C(=O)COC1C(N)=O. The Morgan fingerprint density at radius 2 is 1.89 bits per heavy atom. The number of nitrogens with zero attached hydrogens (tertiary/aromatic N) is 2. The van der Waals surface area contributed by atoms with Crippen molar-refractivity contribution < 1.29 is 33.5 Å². The van der Waals surface area contributed by atoms with Gasteiger partial charge in [-0.05, 0) is 30.2 Å². The molecule has 2 saturated heterocycles. The van der Waals surface area contributed by atoms with E-state index in [-0.39, 0.29) is 18.4 Å². The predicted molar refractivity (Wildman–Crippen MR) is 129 cm³/mol. The molecular formula is C25H36N4O7. The lowest BCUT2D eigenvalue weighted by Crippen LogP contribution is -2.57. The van der Waals surface area contributed by atoms with Crippen LogP contribution in [-0.4, -0.2) is 91.8 Å². The van der Waals surface area contributed by atoms with Gasteiger partial charge in [-0.15, -0.1) is 5.06 Å². The average Bonchev–Trinajstić information content (AvgIpc) is 3.24. The van der Waals surface area contributed by atoms with Gasteiger partial charge in [0.25, 0.3) is 0 Å². The number of benzene rings is 1. The molecule has 2 heterocycles. The van der Waals surface area contributed by atoms with Crippen molar-refractivity contribution in [2.75, 3.05) is 40.0 Å². The number of ketones is 1. The van der Waals surface area contributed by atoms with Gasteiger partial charge in [0.05, 0.1) is 26.3 Å². The van der Waals surface area contributed by atoms with E-state index in [0.717, 1.165) is 17.7 Å². The Morgan fingerprint density at radius 1 is 1.22 bits per heavy atom. The van der Waals surface area contributed by atoms with Crippen LogP contribution in [0.25, 0.3) is 0 Å². The predicted octanol–water partition coefficient (Wildman–Crippen LogP) is 0.658. The number of hydrogen-bond donors (Lipinski definition) is 2. The topological polar surface area (TPSA) is 140 Å². The van der Waals surface area contributed by atoms with Crippen molar-refractivity contribution in [1.29, 1.82) is 0 Å². The number of likely N-dealkylation sites (N-methyl/N-ethyl adjacent to an activating group) is 1. The maximum Gasteiger partial charge on any atom is 0.426 e. The number of ether oxygens (including phenoxy) is 2. The maximum atomic E-state index is 13.6. The number of nitrogens with two attached hydrogens (primary N) is 1. The largest absolute Gasteiger partial charge is 0.426 e. The molecule has 36 heavy (non-hydrogen) atoms. The van der Waals surface area contributed by atoms with Gasteiger partial charge in [0.1, 0.15) is 18.7 Å². The lowest BCUT2D eigenvalue weighted by Gasteiger charge is -2.34. The van der Waals surface area contributed by atoms with Crippen LogP contribution in [0.15, 0.2) is 30.3 Å². The fourth-order valence-electron chi connectivity index (χ4n) is 4.46. The highest BCUT2D eigenvalue weighted by Crippen LogP contribution is 2.30. The summed E-state index contributed by atoms with van der Waals surface area (Å²) in [7, 11) is 1.41. The molecule has 3 atom stereocenters. The van der Waals surface area contributed by atoms with Crippen LogP contribution in [0.1, 0.15) is 32.3 Å². The van der Waals surface area contributed by atoms with E-state index in [1.54, 1.807) is 0 Å². The number of carbonyl (C=O) groups is 4. The summed E-state index contributed by atoms with van der Waals surface area (Å²) in [6.07, 6.45) is -0.187. The number of rotatable bonds is 10. The summed E-state index contributed by atoms with van der Waals surface area (Å²) in [5.74, 6) is -1.78. The molecule has 1 aromatic rings. The average molecular weight is 505 g/mol. The van der Waals surface area contributed by atoms with Crippen molar-refractivity contribution in [3.8, 4) is 0 Å². The van der Waals surface area contributed by atoms with Crippen LogP contribution in [0.4, 0.5) is 4.79 Å². The molecule has 2 aliphatic rings. The maximum absolute atomic E-state index is 13.6. The van der Waals surface area contributed by atoms with Crippen LogP contribution in [0.2, 0.25) is 0 Å². The van der Waals surface area contributed by atoms with Crippen molar-refractivity contribution in [2.24, 2.45) is 11.1 Å². The zero-order valence-corrected chi connectivity index (χ0v) is 21.1. The minimum atomic E-state index is -1.24. The van der Waals surface area contributed by atoms with Gasteiger partial charge >= 0.3 is 6.09 Å². The van der Waals surface area contributed by atoms with E-state index in [2.05, 4.69) is 5.32 Å². The van der Waals surface area contributed by atoms with Gasteiger partial charge < -0.3 is 30.3 Å². The molecule has 0 aromatic heterocycles. The summed E-state index contributed by atoms with van der Waals surface area (Å²) >= 11 is 0. The smallest absolute Gasteiger partial charge is 0.379 e. The monoisotopic (exact) mass is 504 g/mol. The molecular weight excluding hydrogens is 468 g/mol. The van der Waals surface area contributed by atoms with Crippen molar-refractivity contribution in [3.63, 3.8) is 0 Å². The number of Topliss-reactive ketones (excluding diaryl/α,β-unsaturated/α-hetero) is 1. The number of amides is 3. The summed E-state index contributed by atoms with van der Waals surface area (Å²) in [5, 5.41) is 4.15. The van der Waals surface area contributed by atoms with Crippen molar-refractivity contribution in [1.82, 2.24) is 15.3 Å². The summed E-state index contributed by atoms with van der Waals surface area (Å²) in [4.78, 5) is 57.1. The van der Waals surface area contributed by atoms with E-state index < -0.39 is 41.9 Å². The van der Waals surface area contributed by atoms with Crippen LogP contribution in [0.3, 0.4) is 0 Å². The van der Waals surface area contributed by atoms with Crippen molar-refractivity contribution in [3.05, 3.63) is 35.9 Å². The number of carbonyl (C=O) groups excluding carboxylic acids is 4. The molecule has 11 nitrogen and oxygen atoms in total. The molecule has 0 spiro atoms. The first-order valence-electron chi connectivity index (χ1n) is 12.1. The number of primary amides is 1. The van der Waals surface area contributed by atoms with E-state index in [4.69, 9.17) is 20.0 Å². The second kappa shape index (κ2) is 12.3. The summed E-state index contributed by atoms with van der Waals surface area (Å²) in [6.45, 7) is 5.43. The van der Waals surface area contributed by atoms with Gasteiger partial charge in [0.2, 0.25) is 11.8 Å². The zero-order chi connectivity index (χ0) is 26.3. The standard InChI is InChI=1S/C25H36N4O7/c1-25(2,10-9-17-7-5-4-6-8-17)15-18(27-24(33)36-29-11-13-34-14-12-29)23(32)28(3)20-19(30)16-35-21(20)22(26)31/h4-8,18,20-21H,9-16H2,1-3H3,(H2,26,31)(H,27,33)/t18-,20?,21?/m0/s1. The Labute approximate surface area is 211 Å². The molecule has 11 heteroatoms. The van der Waals surface area contributed by atoms with Gasteiger partial charge in [0.15, 0.2) is 11.9 Å². The Morgan fingerprint density at radius 3 is 2.53 bits per heavy atom. The van der Waals surface area contributed by atoms with Gasteiger partial charge in [-0.3, -0.25) is 14.4 Å². The van der Waals surface area contributed by atoms with Crippen LogP contribution < -0.4 is 11.1 Å². The molecule has 3 N–H and O–H groups in total. The third kappa shape index (κ3) is 7.49. The van der Waals surface area contributed by atoms with Crippen LogP contribution in [0.5, 0.6) is 0 Å². The molecule has 0 radical (unpaired) electrons. The molecule has 2 aliphatic heterocycles. The first-order chi connectivity index (χ1) is 17.1. The highest BCUT2D eigenvalue weighted by molar-refractivity contribution is 5.99. The molecule has 0 saturated carbocycles. The molecule has 2 fully saturated rings. The molecule has 2 unspecified atom stereocenters. The molecule has 3 amide bonds. The lowest BCUT2D eigenvalue weighted by atomic mass is 9.80. The van der Waals surface area contributed by atoms with Crippen LogP contribution in [-0.2, 0) is 35.1 Å². The molecule has 3 rings (SSSR count). The lowest BCUT2D eigenvalue weighted by molar-refractivity contribution is -0.150. The van der Waals surface area contributed by atoms with E-state index in [0.29, 0.717) is 26.3 Å². The highest BCUT2D eigenvalue weighted by Gasteiger charge is 2.45. The zero-order valence-electron chi connectivity index (χ0n) is 21.1. The molecule has 0 aliphatic carbocycles. The summed E-state index contributed by atoms with van der Waals surface area (Å²) < 4.78 is 10.5. The third-order valence-electron chi connectivity index (χ3n) is 6.53. The van der Waals surface area contributed by atoms with Crippen LogP contribution >= 0.6 is 0 Å². The van der Waals surface area contributed by atoms with Gasteiger partial charge in [-0.25, -0.2) is 4.79 Å². The highest BCUT2D eigenvalue weighted by atomic mass is 16.7. The van der Waals surface area contributed by atoms with Crippen molar-refractivity contribution >= 4 is 23.7 Å². The first kappa shape index (κ1) is 27.6. The second-order valence-electron chi connectivity index (χ2n) is 9.97. The van der Waals surface area contributed by atoms with Gasteiger partial charge in [0, 0.05) is 7.05 Å². The Hall–Kier alpha value is -3.02. The minimum absolute atomic E-state index is 0.282. The number of hydroxylamine groups is 2. The van der Waals surface area contributed by atoms with Gasteiger partial charge in [-0.1, -0.05) is 44.2 Å².